The highest BCUT2D eigenvalue weighted by atomic mass is 16.3. The Hall–Kier alpha value is -0.900. The molecule has 1 aromatic carbocycles. The molecule has 2 rings (SSSR count). The van der Waals surface area contributed by atoms with E-state index in [-0.39, 0.29) is 0 Å². The maximum atomic E-state index is 10.0. The molecule has 0 amide bonds. The molecule has 3 heteroatoms. The van der Waals surface area contributed by atoms with Crippen LogP contribution in [0.3, 0.4) is 0 Å². The molecule has 2 unspecified atom stereocenters. The summed E-state index contributed by atoms with van der Waals surface area (Å²) in [5, 5.41) is 13.7. The zero-order valence-corrected chi connectivity index (χ0v) is 12.8. The number of hydrogen-bond donors (Lipinski definition) is 2. The molecule has 1 fully saturated rings. The summed E-state index contributed by atoms with van der Waals surface area (Å²) in [4.78, 5) is 2.38. The van der Waals surface area contributed by atoms with E-state index in [1.165, 1.54) is 5.56 Å². The Morgan fingerprint density at radius 3 is 2.70 bits per heavy atom. The van der Waals surface area contributed by atoms with Gasteiger partial charge < -0.3 is 15.3 Å². The van der Waals surface area contributed by atoms with Crippen molar-refractivity contribution in [1.29, 1.82) is 0 Å². The van der Waals surface area contributed by atoms with Gasteiger partial charge in [-0.05, 0) is 38.3 Å². The summed E-state index contributed by atoms with van der Waals surface area (Å²) in [5.74, 6) is 0. The molecule has 112 valence electrons. The average Bonchev–Trinajstić information content (AvgIpc) is 2.79. The normalized spacial score (nSPS) is 24.9. The van der Waals surface area contributed by atoms with E-state index in [0.717, 1.165) is 45.4 Å². The molecule has 1 heterocycles. The van der Waals surface area contributed by atoms with E-state index in [0.29, 0.717) is 6.04 Å². The van der Waals surface area contributed by atoms with Gasteiger partial charge in [0.15, 0.2) is 0 Å². The third kappa shape index (κ3) is 4.58. The minimum Gasteiger partial charge on any atom is -0.389 e. The van der Waals surface area contributed by atoms with Gasteiger partial charge in [0.1, 0.15) is 0 Å². The van der Waals surface area contributed by atoms with E-state index in [1.807, 2.05) is 6.92 Å². The van der Waals surface area contributed by atoms with Crippen molar-refractivity contribution < 1.29 is 5.11 Å². The van der Waals surface area contributed by atoms with Crippen molar-refractivity contribution in [3.8, 4) is 0 Å². The lowest BCUT2D eigenvalue weighted by Gasteiger charge is -2.23. The summed E-state index contributed by atoms with van der Waals surface area (Å²) in [6.45, 7) is 8.07. The zero-order valence-electron chi connectivity index (χ0n) is 12.8. The Morgan fingerprint density at radius 2 is 2.10 bits per heavy atom. The van der Waals surface area contributed by atoms with Gasteiger partial charge in [-0.25, -0.2) is 0 Å². The Kier molecular flexibility index (Phi) is 5.58. The quantitative estimate of drug-likeness (QED) is 0.803. The van der Waals surface area contributed by atoms with Crippen LogP contribution in [0.15, 0.2) is 30.3 Å². The molecule has 0 aliphatic carbocycles. The van der Waals surface area contributed by atoms with E-state index in [4.69, 9.17) is 0 Å². The van der Waals surface area contributed by atoms with Gasteiger partial charge in [0.25, 0.3) is 0 Å². The number of nitrogens with one attached hydrogen (secondary N) is 1. The molecule has 0 radical (unpaired) electrons. The lowest BCUT2D eigenvalue weighted by molar-refractivity contribution is 0.0683. The maximum absolute atomic E-state index is 10.0. The fraction of sp³-hybridized carbons (Fsp3) is 0.647. The summed E-state index contributed by atoms with van der Waals surface area (Å²) in [6, 6.07) is 11.1. The Bertz CT molecular complexity index is 391. The highest BCUT2D eigenvalue weighted by molar-refractivity contribution is 5.18. The Morgan fingerprint density at radius 1 is 1.35 bits per heavy atom. The second kappa shape index (κ2) is 7.21. The van der Waals surface area contributed by atoms with Crippen LogP contribution in [0.1, 0.15) is 44.7 Å². The van der Waals surface area contributed by atoms with E-state index in [9.17, 15) is 5.11 Å². The fourth-order valence-corrected chi connectivity index (χ4v) is 2.93. The molecule has 0 bridgehead atoms. The molecule has 1 aliphatic rings. The number of nitrogens with zero attached hydrogens (tertiary/aromatic N) is 1. The van der Waals surface area contributed by atoms with Gasteiger partial charge in [0.2, 0.25) is 0 Å². The van der Waals surface area contributed by atoms with Crippen molar-refractivity contribution in [2.24, 2.45) is 0 Å². The molecule has 1 saturated heterocycles. The predicted molar refractivity (Wildman–Crippen MR) is 83.8 cm³/mol. The fourth-order valence-electron chi connectivity index (χ4n) is 2.93. The topological polar surface area (TPSA) is 35.5 Å². The average molecular weight is 276 g/mol. The molecule has 0 aromatic heterocycles. The van der Waals surface area contributed by atoms with Crippen LogP contribution < -0.4 is 5.32 Å². The lowest BCUT2D eigenvalue weighted by atomic mass is 10.0. The number of benzene rings is 1. The summed E-state index contributed by atoms with van der Waals surface area (Å²) in [5.41, 5.74) is 0.880. The number of rotatable bonds is 7. The molecule has 3 nitrogen and oxygen atoms in total. The van der Waals surface area contributed by atoms with Crippen molar-refractivity contribution in [3.63, 3.8) is 0 Å². The molecule has 1 aromatic rings. The van der Waals surface area contributed by atoms with Gasteiger partial charge in [-0.15, -0.1) is 0 Å². The zero-order chi connectivity index (χ0) is 14.4. The molecule has 0 spiro atoms. The van der Waals surface area contributed by atoms with Crippen LogP contribution >= 0.6 is 0 Å². The number of aliphatic hydroxyl groups is 1. The minimum absolute atomic E-state index is 0.418. The SMILES string of the molecule is CCCNC(CCN1CCC(C)(O)C1)c1ccccc1. The van der Waals surface area contributed by atoms with Crippen molar-refractivity contribution in [1.82, 2.24) is 10.2 Å². The molecule has 0 saturated carbocycles. The van der Waals surface area contributed by atoms with Gasteiger partial charge in [-0.1, -0.05) is 37.3 Å². The molecular weight excluding hydrogens is 248 g/mol. The second-order valence-corrected chi connectivity index (χ2v) is 6.23. The summed E-state index contributed by atoms with van der Waals surface area (Å²) in [6.07, 6.45) is 3.15. The Balaban J connectivity index is 1.88. The van der Waals surface area contributed by atoms with Gasteiger partial charge in [-0.3, -0.25) is 0 Å². The molecule has 20 heavy (non-hydrogen) atoms. The maximum Gasteiger partial charge on any atom is 0.0758 e. The van der Waals surface area contributed by atoms with Gasteiger partial charge in [-0.2, -0.15) is 0 Å². The highest BCUT2D eigenvalue weighted by Gasteiger charge is 2.31. The van der Waals surface area contributed by atoms with E-state index in [1.54, 1.807) is 0 Å². The number of likely N-dealkylation sites (tertiary alicyclic amines) is 1. The third-order valence-corrected chi connectivity index (χ3v) is 4.11. The monoisotopic (exact) mass is 276 g/mol. The van der Waals surface area contributed by atoms with Crippen molar-refractivity contribution in [3.05, 3.63) is 35.9 Å². The van der Waals surface area contributed by atoms with E-state index < -0.39 is 5.60 Å². The molecule has 1 aliphatic heterocycles. The third-order valence-electron chi connectivity index (χ3n) is 4.11. The van der Waals surface area contributed by atoms with Crippen LogP contribution in [0.25, 0.3) is 0 Å². The van der Waals surface area contributed by atoms with Crippen LogP contribution in [-0.4, -0.2) is 41.8 Å². The first-order chi connectivity index (χ1) is 9.61. The number of β-amino-alcohol motifs (C(OH)–C–C–N with tert-alkyl or cyclic N) is 1. The van der Waals surface area contributed by atoms with Gasteiger partial charge in [0, 0.05) is 25.7 Å². The van der Waals surface area contributed by atoms with E-state index in [2.05, 4.69) is 47.5 Å². The molecule has 2 atom stereocenters. The van der Waals surface area contributed by atoms with Crippen LogP contribution in [0, 0.1) is 0 Å². The van der Waals surface area contributed by atoms with E-state index >= 15 is 0 Å². The lowest BCUT2D eigenvalue weighted by Crippen LogP contribution is -2.32. The molecular formula is C17H28N2O. The minimum atomic E-state index is -0.487. The highest BCUT2D eigenvalue weighted by Crippen LogP contribution is 2.23. The first kappa shape index (κ1) is 15.5. The second-order valence-electron chi connectivity index (χ2n) is 6.23. The van der Waals surface area contributed by atoms with Crippen LogP contribution in [0.4, 0.5) is 0 Å². The molecule has 2 N–H and O–H groups in total. The van der Waals surface area contributed by atoms with Crippen LogP contribution in [-0.2, 0) is 0 Å². The van der Waals surface area contributed by atoms with Crippen molar-refractivity contribution in [2.75, 3.05) is 26.2 Å². The van der Waals surface area contributed by atoms with Gasteiger partial charge >= 0.3 is 0 Å². The first-order valence-corrected chi connectivity index (χ1v) is 7.84. The smallest absolute Gasteiger partial charge is 0.0758 e. The first-order valence-electron chi connectivity index (χ1n) is 7.84. The van der Waals surface area contributed by atoms with Crippen molar-refractivity contribution in [2.45, 2.75) is 44.8 Å². The summed E-state index contributed by atoms with van der Waals surface area (Å²) < 4.78 is 0. The summed E-state index contributed by atoms with van der Waals surface area (Å²) >= 11 is 0. The largest absolute Gasteiger partial charge is 0.389 e. The van der Waals surface area contributed by atoms with Crippen LogP contribution in [0.5, 0.6) is 0 Å². The number of hydrogen-bond acceptors (Lipinski definition) is 3. The summed E-state index contributed by atoms with van der Waals surface area (Å²) in [7, 11) is 0. The predicted octanol–water partition coefficient (Wildman–Crippen LogP) is 2.57. The van der Waals surface area contributed by atoms with Gasteiger partial charge in [0.05, 0.1) is 5.60 Å². The standard InChI is InChI=1S/C17H28N2O/c1-3-11-18-16(15-7-5-4-6-8-15)9-12-19-13-10-17(2,20)14-19/h4-8,16,18,20H,3,9-14H2,1-2H3. The van der Waals surface area contributed by atoms with Crippen LogP contribution in [0.2, 0.25) is 0 Å². The van der Waals surface area contributed by atoms with Crippen molar-refractivity contribution >= 4 is 0 Å². The Labute approximate surface area is 123 Å².